The zero-order valence-corrected chi connectivity index (χ0v) is 11.3. The number of carbonyl (C=O) groups is 1. The van der Waals surface area contributed by atoms with Crippen molar-refractivity contribution >= 4 is 5.91 Å². The van der Waals surface area contributed by atoms with E-state index in [0.29, 0.717) is 13.0 Å². The van der Waals surface area contributed by atoms with Gasteiger partial charge in [-0.1, -0.05) is 32.4 Å². The predicted octanol–water partition coefficient (Wildman–Crippen LogP) is 2.22. The summed E-state index contributed by atoms with van der Waals surface area (Å²) in [4.78, 5) is 11.5. The highest BCUT2D eigenvalue weighted by molar-refractivity contribution is 5.76. The van der Waals surface area contributed by atoms with Crippen molar-refractivity contribution in [2.45, 2.75) is 53.5 Å². The van der Waals surface area contributed by atoms with E-state index in [1.165, 1.54) is 5.57 Å². The van der Waals surface area contributed by atoms with E-state index in [0.717, 1.165) is 6.42 Å². The number of rotatable bonds is 5. The molecule has 0 spiro atoms. The van der Waals surface area contributed by atoms with Crippen LogP contribution in [0.1, 0.15) is 47.5 Å². The molecule has 0 aliphatic heterocycles. The summed E-state index contributed by atoms with van der Waals surface area (Å²) in [7, 11) is 0. The fourth-order valence-corrected chi connectivity index (χ4v) is 1.54. The van der Waals surface area contributed by atoms with E-state index >= 15 is 0 Å². The van der Waals surface area contributed by atoms with Crippen molar-refractivity contribution in [1.82, 2.24) is 5.32 Å². The first-order chi connectivity index (χ1) is 7.20. The zero-order chi connectivity index (χ0) is 12.8. The number of nitrogens with one attached hydrogen (secondary N) is 1. The molecule has 3 nitrogen and oxygen atoms in total. The van der Waals surface area contributed by atoms with E-state index in [9.17, 15) is 4.79 Å². The Kier molecular flexibility index (Phi) is 6.34. The van der Waals surface area contributed by atoms with Gasteiger partial charge in [-0.15, -0.1) is 0 Å². The van der Waals surface area contributed by atoms with Crippen LogP contribution in [0, 0.1) is 5.41 Å². The van der Waals surface area contributed by atoms with Gasteiger partial charge in [-0.3, -0.25) is 4.79 Å². The van der Waals surface area contributed by atoms with Crippen molar-refractivity contribution in [2.75, 3.05) is 6.54 Å². The Hall–Kier alpha value is -0.830. The van der Waals surface area contributed by atoms with Crippen molar-refractivity contribution in [1.29, 1.82) is 0 Å². The molecule has 0 aromatic carbocycles. The van der Waals surface area contributed by atoms with Crippen molar-refractivity contribution in [3.63, 3.8) is 0 Å². The van der Waals surface area contributed by atoms with Crippen LogP contribution < -0.4 is 11.1 Å². The molecule has 0 aromatic rings. The second-order valence-electron chi connectivity index (χ2n) is 5.81. The SMILES string of the molecule is CC(C)=CCNC(=O)CC(N)CC(C)(C)C. The number of hydrogen-bond donors (Lipinski definition) is 2. The molecule has 1 amide bonds. The third-order valence-corrected chi connectivity index (χ3v) is 2.13. The highest BCUT2D eigenvalue weighted by Gasteiger charge is 2.17. The Balaban J connectivity index is 3.83. The lowest BCUT2D eigenvalue weighted by Gasteiger charge is -2.22. The van der Waals surface area contributed by atoms with Gasteiger partial charge in [-0.25, -0.2) is 0 Å². The fraction of sp³-hybridized carbons (Fsp3) is 0.769. The Labute approximate surface area is 99.5 Å². The van der Waals surface area contributed by atoms with Gasteiger partial charge >= 0.3 is 0 Å². The topological polar surface area (TPSA) is 55.1 Å². The summed E-state index contributed by atoms with van der Waals surface area (Å²) < 4.78 is 0. The molecular formula is C13H26N2O. The summed E-state index contributed by atoms with van der Waals surface area (Å²) >= 11 is 0. The van der Waals surface area contributed by atoms with Crippen LogP contribution in [0.3, 0.4) is 0 Å². The summed E-state index contributed by atoms with van der Waals surface area (Å²) in [6.45, 7) is 11.0. The van der Waals surface area contributed by atoms with Crippen molar-refractivity contribution in [3.8, 4) is 0 Å². The van der Waals surface area contributed by atoms with Crippen LogP contribution >= 0.6 is 0 Å². The summed E-state index contributed by atoms with van der Waals surface area (Å²) in [6.07, 6.45) is 3.27. The van der Waals surface area contributed by atoms with Crippen molar-refractivity contribution < 1.29 is 4.79 Å². The standard InChI is InChI=1S/C13H26N2O/c1-10(2)6-7-15-12(16)8-11(14)9-13(3,4)5/h6,11H,7-9,14H2,1-5H3,(H,15,16). The molecule has 0 bridgehead atoms. The molecule has 94 valence electrons. The Morgan fingerprint density at radius 1 is 1.38 bits per heavy atom. The van der Waals surface area contributed by atoms with Crippen LogP contribution in [0.2, 0.25) is 0 Å². The van der Waals surface area contributed by atoms with Gasteiger partial charge in [0.25, 0.3) is 0 Å². The van der Waals surface area contributed by atoms with Crippen LogP contribution in [0.15, 0.2) is 11.6 Å². The number of amides is 1. The molecule has 0 fully saturated rings. The molecule has 0 aromatic heterocycles. The first-order valence-electron chi connectivity index (χ1n) is 5.86. The summed E-state index contributed by atoms with van der Waals surface area (Å²) in [5, 5.41) is 2.84. The maximum Gasteiger partial charge on any atom is 0.221 e. The number of carbonyl (C=O) groups excluding carboxylic acids is 1. The average molecular weight is 226 g/mol. The van der Waals surface area contributed by atoms with Crippen LogP contribution in [-0.4, -0.2) is 18.5 Å². The molecule has 1 unspecified atom stereocenters. The lowest BCUT2D eigenvalue weighted by atomic mass is 9.87. The monoisotopic (exact) mass is 226 g/mol. The molecule has 16 heavy (non-hydrogen) atoms. The third-order valence-electron chi connectivity index (χ3n) is 2.13. The molecule has 3 heteroatoms. The number of hydrogen-bond acceptors (Lipinski definition) is 2. The molecule has 1 atom stereocenters. The second-order valence-corrected chi connectivity index (χ2v) is 5.81. The van der Waals surface area contributed by atoms with Crippen molar-refractivity contribution in [3.05, 3.63) is 11.6 Å². The van der Waals surface area contributed by atoms with E-state index in [2.05, 4.69) is 26.1 Å². The molecule has 0 radical (unpaired) electrons. The molecular weight excluding hydrogens is 200 g/mol. The molecule has 0 aliphatic carbocycles. The van der Waals surface area contributed by atoms with Crippen LogP contribution in [-0.2, 0) is 4.79 Å². The Morgan fingerprint density at radius 3 is 2.38 bits per heavy atom. The summed E-state index contributed by atoms with van der Waals surface area (Å²) in [5.41, 5.74) is 7.30. The van der Waals surface area contributed by atoms with E-state index in [1.54, 1.807) is 0 Å². The highest BCUT2D eigenvalue weighted by Crippen LogP contribution is 2.20. The van der Waals surface area contributed by atoms with E-state index in [1.807, 2.05) is 19.9 Å². The lowest BCUT2D eigenvalue weighted by Crippen LogP contribution is -2.34. The quantitative estimate of drug-likeness (QED) is 0.706. The minimum Gasteiger partial charge on any atom is -0.353 e. The average Bonchev–Trinajstić information content (AvgIpc) is 1.98. The van der Waals surface area contributed by atoms with Gasteiger partial charge in [0.15, 0.2) is 0 Å². The third kappa shape index (κ3) is 9.71. The first-order valence-corrected chi connectivity index (χ1v) is 5.86. The van der Waals surface area contributed by atoms with Crippen molar-refractivity contribution in [2.24, 2.45) is 11.1 Å². The maximum absolute atomic E-state index is 11.5. The van der Waals surface area contributed by atoms with Crippen LogP contribution in [0.4, 0.5) is 0 Å². The predicted molar refractivity (Wildman–Crippen MR) is 69.1 cm³/mol. The fourth-order valence-electron chi connectivity index (χ4n) is 1.54. The Morgan fingerprint density at radius 2 is 1.94 bits per heavy atom. The van der Waals surface area contributed by atoms with Gasteiger partial charge in [0.1, 0.15) is 0 Å². The van der Waals surface area contributed by atoms with Gasteiger partial charge in [0.05, 0.1) is 0 Å². The van der Waals surface area contributed by atoms with Gasteiger partial charge in [0, 0.05) is 19.0 Å². The molecule has 0 saturated heterocycles. The van der Waals surface area contributed by atoms with Crippen LogP contribution in [0.5, 0.6) is 0 Å². The molecule has 0 heterocycles. The number of nitrogens with two attached hydrogens (primary N) is 1. The molecule has 0 saturated carbocycles. The molecule has 0 rings (SSSR count). The maximum atomic E-state index is 11.5. The highest BCUT2D eigenvalue weighted by atomic mass is 16.1. The largest absolute Gasteiger partial charge is 0.353 e. The summed E-state index contributed by atoms with van der Waals surface area (Å²) in [6, 6.07) is -0.0493. The van der Waals surface area contributed by atoms with E-state index < -0.39 is 0 Å². The van der Waals surface area contributed by atoms with Gasteiger partial charge in [-0.05, 0) is 25.7 Å². The summed E-state index contributed by atoms with van der Waals surface area (Å²) in [5.74, 6) is 0.0363. The first kappa shape index (κ1) is 15.2. The minimum absolute atomic E-state index is 0.0363. The number of allylic oxidation sites excluding steroid dienone is 1. The zero-order valence-electron chi connectivity index (χ0n) is 11.3. The van der Waals surface area contributed by atoms with Gasteiger partial charge in [-0.2, -0.15) is 0 Å². The van der Waals surface area contributed by atoms with Gasteiger partial charge in [0.2, 0.25) is 5.91 Å². The van der Waals surface area contributed by atoms with E-state index in [-0.39, 0.29) is 17.4 Å². The lowest BCUT2D eigenvalue weighted by molar-refractivity contribution is -0.121. The second kappa shape index (κ2) is 6.69. The Bertz CT molecular complexity index is 247. The normalized spacial score (nSPS) is 13.1. The van der Waals surface area contributed by atoms with E-state index in [4.69, 9.17) is 5.73 Å². The van der Waals surface area contributed by atoms with Crippen LogP contribution in [0.25, 0.3) is 0 Å². The molecule has 3 N–H and O–H groups in total. The minimum atomic E-state index is -0.0493. The molecule has 0 aliphatic rings. The van der Waals surface area contributed by atoms with Gasteiger partial charge < -0.3 is 11.1 Å². The smallest absolute Gasteiger partial charge is 0.221 e.